The van der Waals surface area contributed by atoms with Gasteiger partial charge < -0.3 is 9.64 Å². The van der Waals surface area contributed by atoms with Crippen LogP contribution in [0.15, 0.2) is 48.5 Å². The van der Waals surface area contributed by atoms with Crippen LogP contribution in [0.1, 0.15) is 18.1 Å². The van der Waals surface area contributed by atoms with Crippen molar-refractivity contribution in [2.45, 2.75) is 19.6 Å². The van der Waals surface area contributed by atoms with E-state index in [1.807, 2.05) is 30.3 Å². The van der Waals surface area contributed by atoms with Gasteiger partial charge in [0.15, 0.2) is 6.10 Å². The molecule has 0 spiro atoms. The fourth-order valence-electron chi connectivity index (χ4n) is 2.42. The molecular weight excluding hydrogens is 264 g/mol. The quantitative estimate of drug-likeness (QED) is 0.806. The van der Waals surface area contributed by atoms with Crippen LogP contribution in [0.2, 0.25) is 0 Å². The second-order valence-electron chi connectivity index (χ2n) is 4.95. The third kappa shape index (κ3) is 2.46. The van der Waals surface area contributed by atoms with Crippen molar-refractivity contribution in [3.05, 3.63) is 59.7 Å². The maximum atomic E-state index is 12.5. The molecule has 3 rings (SSSR count). The lowest BCUT2D eigenvalue weighted by molar-refractivity contribution is -0.124. The van der Waals surface area contributed by atoms with Gasteiger partial charge in [-0.15, -0.1) is 0 Å². The monoisotopic (exact) mass is 278 g/mol. The van der Waals surface area contributed by atoms with Gasteiger partial charge in [0.05, 0.1) is 18.2 Å². The van der Waals surface area contributed by atoms with Crippen molar-refractivity contribution in [1.82, 2.24) is 0 Å². The Morgan fingerprint density at radius 2 is 2.05 bits per heavy atom. The second-order valence-corrected chi connectivity index (χ2v) is 4.95. The molecular formula is C17H14N2O2. The summed E-state index contributed by atoms with van der Waals surface area (Å²) >= 11 is 0. The van der Waals surface area contributed by atoms with Gasteiger partial charge in [-0.05, 0) is 31.2 Å². The highest BCUT2D eigenvalue weighted by Gasteiger charge is 2.28. The van der Waals surface area contributed by atoms with Crippen molar-refractivity contribution in [3.8, 4) is 11.8 Å². The van der Waals surface area contributed by atoms with E-state index in [1.165, 1.54) is 0 Å². The van der Waals surface area contributed by atoms with Crippen molar-refractivity contribution in [3.63, 3.8) is 0 Å². The lowest BCUT2D eigenvalue weighted by Crippen LogP contribution is -2.38. The Hall–Kier alpha value is -2.80. The number of anilines is 1. The molecule has 0 bridgehead atoms. The van der Waals surface area contributed by atoms with E-state index in [0.29, 0.717) is 17.8 Å². The molecule has 0 aliphatic carbocycles. The Bertz CT molecular complexity index is 734. The minimum Gasteiger partial charge on any atom is -0.481 e. The largest absolute Gasteiger partial charge is 0.481 e. The first-order chi connectivity index (χ1) is 10.2. The standard InChI is InChI=1S/C17H14N2O2/c1-12-17(20)19(15-7-4-5-13(9-15)10-18)11-14-6-2-3-8-16(14)21-12/h2-9,12H,11H2,1H3/t12-/m1/s1. The molecule has 0 fully saturated rings. The van der Waals surface area contributed by atoms with Crippen molar-refractivity contribution in [2.24, 2.45) is 0 Å². The zero-order valence-corrected chi connectivity index (χ0v) is 11.6. The van der Waals surface area contributed by atoms with E-state index >= 15 is 0 Å². The molecule has 0 aromatic heterocycles. The molecule has 2 aromatic carbocycles. The van der Waals surface area contributed by atoms with Crippen molar-refractivity contribution < 1.29 is 9.53 Å². The molecule has 0 unspecified atom stereocenters. The molecule has 0 radical (unpaired) electrons. The average molecular weight is 278 g/mol. The van der Waals surface area contributed by atoms with Gasteiger partial charge in [0.2, 0.25) is 0 Å². The van der Waals surface area contributed by atoms with Crippen LogP contribution < -0.4 is 9.64 Å². The third-order valence-electron chi connectivity index (χ3n) is 3.51. The zero-order chi connectivity index (χ0) is 14.8. The van der Waals surface area contributed by atoms with Gasteiger partial charge in [-0.1, -0.05) is 24.3 Å². The molecule has 1 aliphatic rings. The summed E-state index contributed by atoms with van der Waals surface area (Å²) in [4.78, 5) is 14.2. The normalized spacial score (nSPS) is 17.4. The molecule has 104 valence electrons. The molecule has 0 saturated heterocycles. The second kappa shape index (κ2) is 5.29. The average Bonchev–Trinajstić information content (AvgIpc) is 2.65. The van der Waals surface area contributed by atoms with Crippen LogP contribution in [0.25, 0.3) is 0 Å². The number of para-hydroxylation sites is 1. The highest BCUT2D eigenvalue weighted by atomic mass is 16.5. The Morgan fingerprint density at radius 1 is 1.24 bits per heavy atom. The fraction of sp³-hybridized carbons (Fsp3) is 0.176. The van der Waals surface area contributed by atoms with Crippen LogP contribution in [0, 0.1) is 11.3 Å². The van der Waals surface area contributed by atoms with Gasteiger partial charge in [-0.3, -0.25) is 4.79 Å². The van der Waals surface area contributed by atoms with Crippen LogP contribution >= 0.6 is 0 Å². The van der Waals surface area contributed by atoms with E-state index in [-0.39, 0.29) is 5.91 Å². The SMILES string of the molecule is C[C@H]1Oc2ccccc2CN(c2cccc(C#N)c2)C1=O. The predicted molar refractivity (Wildman–Crippen MR) is 78.9 cm³/mol. The van der Waals surface area contributed by atoms with Crippen molar-refractivity contribution in [1.29, 1.82) is 5.26 Å². The summed E-state index contributed by atoms with van der Waals surface area (Å²) < 4.78 is 5.72. The Morgan fingerprint density at radius 3 is 2.86 bits per heavy atom. The lowest BCUT2D eigenvalue weighted by Gasteiger charge is -2.22. The zero-order valence-electron chi connectivity index (χ0n) is 11.6. The van der Waals surface area contributed by atoms with E-state index in [9.17, 15) is 4.79 Å². The van der Waals surface area contributed by atoms with Gasteiger partial charge in [0, 0.05) is 11.3 Å². The van der Waals surface area contributed by atoms with Gasteiger partial charge in [0.25, 0.3) is 5.91 Å². The predicted octanol–water partition coefficient (Wildman–Crippen LogP) is 2.87. The summed E-state index contributed by atoms with van der Waals surface area (Å²) in [6, 6.07) is 16.8. The topological polar surface area (TPSA) is 53.3 Å². The lowest BCUT2D eigenvalue weighted by atomic mass is 10.1. The maximum absolute atomic E-state index is 12.5. The number of hydrogen-bond acceptors (Lipinski definition) is 3. The number of ether oxygens (including phenoxy) is 1. The number of benzene rings is 2. The Balaban J connectivity index is 2.05. The smallest absolute Gasteiger partial charge is 0.268 e. The van der Waals surface area contributed by atoms with E-state index in [1.54, 1.807) is 30.0 Å². The molecule has 2 aromatic rings. The van der Waals surface area contributed by atoms with Crippen LogP contribution in [0.5, 0.6) is 5.75 Å². The van der Waals surface area contributed by atoms with Crippen LogP contribution in [-0.4, -0.2) is 12.0 Å². The minimum absolute atomic E-state index is 0.110. The third-order valence-corrected chi connectivity index (χ3v) is 3.51. The fourth-order valence-corrected chi connectivity index (χ4v) is 2.42. The van der Waals surface area contributed by atoms with Gasteiger partial charge >= 0.3 is 0 Å². The van der Waals surface area contributed by atoms with Gasteiger partial charge in [-0.2, -0.15) is 5.26 Å². The molecule has 1 atom stereocenters. The van der Waals surface area contributed by atoms with E-state index in [2.05, 4.69) is 6.07 Å². The summed E-state index contributed by atoms with van der Waals surface area (Å²) in [5, 5.41) is 9.01. The van der Waals surface area contributed by atoms with Gasteiger partial charge in [0.1, 0.15) is 5.75 Å². The first kappa shape index (κ1) is 13.2. The first-order valence-corrected chi connectivity index (χ1v) is 6.75. The van der Waals surface area contributed by atoms with Crippen molar-refractivity contribution >= 4 is 11.6 Å². The summed E-state index contributed by atoms with van der Waals surface area (Å²) in [5.41, 5.74) is 2.20. The number of nitrogens with zero attached hydrogens (tertiary/aromatic N) is 2. The molecule has 4 heteroatoms. The molecule has 0 N–H and O–H groups in total. The number of hydrogen-bond donors (Lipinski definition) is 0. The van der Waals surface area contributed by atoms with Crippen LogP contribution in [0.4, 0.5) is 5.69 Å². The Labute approximate surface area is 123 Å². The summed E-state index contributed by atoms with van der Waals surface area (Å²) in [6.45, 7) is 2.18. The summed E-state index contributed by atoms with van der Waals surface area (Å²) in [7, 11) is 0. The van der Waals surface area contributed by atoms with E-state index in [4.69, 9.17) is 10.00 Å². The Kier molecular flexibility index (Phi) is 3.33. The summed E-state index contributed by atoms with van der Waals surface area (Å²) in [5.74, 6) is 0.624. The highest BCUT2D eigenvalue weighted by Crippen LogP contribution is 2.28. The first-order valence-electron chi connectivity index (χ1n) is 6.75. The van der Waals surface area contributed by atoms with Gasteiger partial charge in [-0.25, -0.2) is 0 Å². The molecule has 0 saturated carbocycles. The van der Waals surface area contributed by atoms with E-state index in [0.717, 1.165) is 11.3 Å². The molecule has 21 heavy (non-hydrogen) atoms. The van der Waals surface area contributed by atoms with Crippen LogP contribution in [0.3, 0.4) is 0 Å². The molecule has 1 amide bonds. The summed E-state index contributed by atoms with van der Waals surface area (Å²) in [6.07, 6.45) is -0.556. The van der Waals surface area contributed by atoms with Crippen LogP contribution in [-0.2, 0) is 11.3 Å². The highest BCUT2D eigenvalue weighted by molar-refractivity contribution is 5.97. The van der Waals surface area contributed by atoms with E-state index < -0.39 is 6.10 Å². The number of amides is 1. The number of carbonyl (C=O) groups excluding carboxylic acids is 1. The molecule has 1 aliphatic heterocycles. The maximum Gasteiger partial charge on any atom is 0.268 e. The number of rotatable bonds is 1. The molecule has 1 heterocycles. The number of carbonyl (C=O) groups is 1. The minimum atomic E-state index is -0.556. The molecule has 4 nitrogen and oxygen atoms in total. The number of nitriles is 1. The number of fused-ring (bicyclic) bond motifs is 1. The van der Waals surface area contributed by atoms with Crippen molar-refractivity contribution in [2.75, 3.05) is 4.90 Å².